The zero-order chi connectivity index (χ0) is 15.2. The molecule has 0 atom stereocenters. The summed E-state index contributed by atoms with van der Waals surface area (Å²) in [5, 5.41) is 0. The number of benzene rings is 1. The second-order valence-corrected chi connectivity index (χ2v) is 6.13. The van der Waals surface area contributed by atoms with Crippen molar-refractivity contribution in [2.75, 3.05) is 30.7 Å². The number of nitrogens with one attached hydrogen (secondary N) is 1. The molecule has 0 saturated heterocycles. The molecule has 0 aliphatic rings. The average molecular weight is 301 g/mol. The number of methoxy groups -OCH3 is 1. The zero-order valence-corrected chi connectivity index (χ0v) is 13.0. The maximum absolute atomic E-state index is 12.3. The molecule has 0 bridgehead atoms. The maximum Gasteiger partial charge on any atom is 0.301 e. The highest BCUT2D eigenvalue weighted by Crippen LogP contribution is 2.25. The molecular formula is C13H23N3O3S. The van der Waals surface area contributed by atoms with Gasteiger partial charge >= 0.3 is 10.2 Å². The Morgan fingerprint density at radius 1 is 1.25 bits per heavy atom. The Bertz CT molecular complexity index is 526. The van der Waals surface area contributed by atoms with Crippen LogP contribution < -0.4 is 15.2 Å². The van der Waals surface area contributed by atoms with Crippen molar-refractivity contribution in [3.8, 4) is 5.75 Å². The molecule has 1 aromatic rings. The topological polar surface area (TPSA) is 84.7 Å². The van der Waals surface area contributed by atoms with Gasteiger partial charge in [-0.3, -0.25) is 4.72 Å². The molecule has 0 aliphatic carbocycles. The van der Waals surface area contributed by atoms with Crippen LogP contribution in [-0.2, 0) is 10.2 Å². The first-order valence-corrected chi connectivity index (χ1v) is 8.10. The van der Waals surface area contributed by atoms with Gasteiger partial charge in [-0.15, -0.1) is 0 Å². The van der Waals surface area contributed by atoms with Crippen molar-refractivity contribution >= 4 is 21.6 Å². The predicted octanol–water partition coefficient (Wildman–Crippen LogP) is 2.06. The molecule has 0 aromatic heterocycles. The number of nitrogens with zero attached hydrogens (tertiary/aromatic N) is 1. The van der Waals surface area contributed by atoms with Crippen LogP contribution in [0.5, 0.6) is 5.75 Å². The van der Waals surface area contributed by atoms with E-state index in [1.807, 2.05) is 13.8 Å². The first-order chi connectivity index (χ1) is 9.44. The van der Waals surface area contributed by atoms with Crippen LogP contribution in [0.3, 0.4) is 0 Å². The van der Waals surface area contributed by atoms with E-state index in [1.54, 1.807) is 18.2 Å². The third-order valence-corrected chi connectivity index (χ3v) is 4.30. The smallest absolute Gasteiger partial charge is 0.301 e. The van der Waals surface area contributed by atoms with Gasteiger partial charge in [0.05, 0.1) is 18.5 Å². The van der Waals surface area contributed by atoms with E-state index < -0.39 is 10.2 Å². The van der Waals surface area contributed by atoms with Crippen LogP contribution in [0.2, 0.25) is 0 Å². The third-order valence-electron chi connectivity index (χ3n) is 2.76. The fraction of sp³-hybridized carbons (Fsp3) is 0.538. The van der Waals surface area contributed by atoms with E-state index in [4.69, 9.17) is 10.5 Å². The van der Waals surface area contributed by atoms with Gasteiger partial charge in [0.25, 0.3) is 0 Å². The van der Waals surface area contributed by atoms with Crippen molar-refractivity contribution < 1.29 is 13.2 Å². The highest BCUT2D eigenvalue weighted by molar-refractivity contribution is 7.90. The van der Waals surface area contributed by atoms with Gasteiger partial charge in [-0.2, -0.15) is 12.7 Å². The quantitative estimate of drug-likeness (QED) is 0.720. The minimum absolute atomic E-state index is 0.394. The molecule has 0 unspecified atom stereocenters. The van der Waals surface area contributed by atoms with Crippen LogP contribution in [0.15, 0.2) is 18.2 Å². The standard InChI is InChI=1S/C13H23N3O3S/c1-4-8-16(9-5-2)20(17,18)15-11-6-7-13(19-3)12(14)10-11/h6-7,10,15H,4-5,8-9,14H2,1-3H3. The van der Waals surface area contributed by atoms with Crippen molar-refractivity contribution in [3.63, 3.8) is 0 Å². The molecule has 0 amide bonds. The highest BCUT2D eigenvalue weighted by atomic mass is 32.2. The van der Waals surface area contributed by atoms with E-state index in [2.05, 4.69) is 4.72 Å². The highest BCUT2D eigenvalue weighted by Gasteiger charge is 2.20. The molecule has 0 heterocycles. The number of hydrogen-bond donors (Lipinski definition) is 2. The summed E-state index contributed by atoms with van der Waals surface area (Å²) in [6.07, 6.45) is 1.54. The largest absolute Gasteiger partial charge is 0.495 e. The van der Waals surface area contributed by atoms with Crippen molar-refractivity contribution in [3.05, 3.63) is 18.2 Å². The van der Waals surface area contributed by atoms with E-state index in [9.17, 15) is 8.42 Å². The van der Waals surface area contributed by atoms with Crippen LogP contribution in [0, 0.1) is 0 Å². The Labute approximate surface area is 121 Å². The molecule has 1 aromatic carbocycles. The van der Waals surface area contributed by atoms with Gasteiger partial charge in [-0.1, -0.05) is 13.8 Å². The average Bonchev–Trinajstić information content (AvgIpc) is 2.38. The Morgan fingerprint density at radius 2 is 1.85 bits per heavy atom. The van der Waals surface area contributed by atoms with Gasteiger partial charge in [-0.25, -0.2) is 0 Å². The van der Waals surface area contributed by atoms with Crippen LogP contribution in [0.25, 0.3) is 0 Å². The third kappa shape index (κ3) is 4.28. The number of nitrogens with two attached hydrogens (primary N) is 1. The number of rotatable bonds is 8. The molecule has 0 saturated carbocycles. The Morgan fingerprint density at radius 3 is 2.30 bits per heavy atom. The monoisotopic (exact) mass is 301 g/mol. The van der Waals surface area contributed by atoms with Crippen molar-refractivity contribution in [1.29, 1.82) is 0 Å². The van der Waals surface area contributed by atoms with E-state index in [0.717, 1.165) is 12.8 Å². The van der Waals surface area contributed by atoms with Crippen molar-refractivity contribution in [2.45, 2.75) is 26.7 Å². The summed E-state index contributed by atoms with van der Waals surface area (Å²) in [6.45, 7) is 4.89. The molecule has 0 spiro atoms. The molecule has 0 aliphatic heterocycles. The van der Waals surface area contributed by atoms with E-state index in [1.165, 1.54) is 11.4 Å². The second kappa shape index (κ2) is 7.35. The summed E-state index contributed by atoms with van der Waals surface area (Å²) in [7, 11) is -2.04. The summed E-state index contributed by atoms with van der Waals surface area (Å²) in [6, 6.07) is 4.81. The lowest BCUT2D eigenvalue weighted by Gasteiger charge is -2.22. The minimum atomic E-state index is -3.55. The normalized spacial score (nSPS) is 11.6. The van der Waals surface area contributed by atoms with Gasteiger partial charge in [0.15, 0.2) is 0 Å². The maximum atomic E-state index is 12.3. The Hall–Kier alpha value is -1.47. The Balaban J connectivity index is 2.91. The van der Waals surface area contributed by atoms with Crippen molar-refractivity contribution in [1.82, 2.24) is 4.31 Å². The lowest BCUT2D eigenvalue weighted by Crippen LogP contribution is -2.37. The van der Waals surface area contributed by atoms with Crippen LogP contribution in [-0.4, -0.2) is 32.9 Å². The lowest BCUT2D eigenvalue weighted by atomic mass is 10.2. The van der Waals surface area contributed by atoms with Gasteiger partial charge in [-0.05, 0) is 31.0 Å². The minimum Gasteiger partial charge on any atom is -0.495 e. The van der Waals surface area contributed by atoms with Crippen LogP contribution >= 0.6 is 0 Å². The Kier molecular flexibility index (Phi) is 6.09. The van der Waals surface area contributed by atoms with Crippen molar-refractivity contribution in [2.24, 2.45) is 0 Å². The number of ether oxygens (including phenoxy) is 1. The summed E-state index contributed by atoms with van der Waals surface area (Å²) in [5.41, 5.74) is 6.60. The first-order valence-electron chi connectivity index (χ1n) is 6.66. The van der Waals surface area contributed by atoms with E-state index >= 15 is 0 Å². The molecule has 0 radical (unpaired) electrons. The molecule has 114 valence electrons. The summed E-state index contributed by atoms with van der Waals surface area (Å²) < 4.78 is 33.6. The zero-order valence-electron chi connectivity index (χ0n) is 12.2. The molecule has 0 fully saturated rings. The fourth-order valence-electron chi connectivity index (χ4n) is 1.86. The molecule has 7 heteroatoms. The molecule has 1 rings (SSSR count). The fourth-order valence-corrected chi connectivity index (χ4v) is 3.26. The summed E-state index contributed by atoms with van der Waals surface area (Å²) in [4.78, 5) is 0. The van der Waals surface area contributed by atoms with E-state index in [0.29, 0.717) is 30.2 Å². The lowest BCUT2D eigenvalue weighted by molar-refractivity contribution is 0.413. The second-order valence-electron chi connectivity index (χ2n) is 4.46. The van der Waals surface area contributed by atoms with Crippen LogP contribution in [0.4, 0.5) is 11.4 Å². The molecular weight excluding hydrogens is 278 g/mol. The van der Waals surface area contributed by atoms with Gasteiger partial charge in [0.2, 0.25) is 0 Å². The van der Waals surface area contributed by atoms with Gasteiger partial charge in [0.1, 0.15) is 5.75 Å². The summed E-state index contributed by atoms with van der Waals surface area (Å²) >= 11 is 0. The predicted molar refractivity (Wildman–Crippen MR) is 82.1 cm³/mol. The molecule has 6 nitrogen and oxygen atoms in total. The van der Waals surface area contributed by atoms with Crippen LogP contribution in [0.1, 0.15) is 26.7 Å². The first kappa shape index (κ1) is 16.6. The SMILES string of the molecule is CCCN(CCC)S(=O)(=O)Nc1ccc(OC)c(N)c1. The van der Waals surface area contributed by atoms with Gasteiger partial charge in [0, 0.05) is 13.1 Å². The molecule has 3 N–H and O–H groups in total. The molecule has 20 heavy (non-hydrogen) atoms. The van der Waals surface area contributed by atoms with E-state index in [-0.39, 0.29) is 0 Å². The van der Waals surface area contributed by atoms with Gasteiger partial charge < -0.3 is 10.5 Å². The number of anilines is 2. The number of nitrogen functional groups attached to an aromatic ring is 1. The summed E-state index contributed by atoms with van der Waals surface area (Å²) in [5.74, 6) is 0.520. The number of hydrogen-bond acceptors (Lipinski definition) is 4.